The van der Waals surface area contributed by atoms with Crippen LogP contribution in [0.5, 0.6) is 5.75 Å². The molecule has 0 fully saturated rings. The van der Waals surface area contributed by atoms with Crippen molar-refractivity contribution < 1.29 is 12.6 Å². The first kappa shape index (κ1) is 18.0. The van der Waals surface area contributed by atoms with E-state index in [0.717, 1.165) is 43.9 Å². The molecule has 1 aromatic rings. The second-order valence-electron chi connectivity index (χ2n) is 5.64. The summed E-state index contributed by atoms with van der Waals surface area (Å²) in [5.74, 6) is 0.493. The Morgan fingerprint density at radius 1 is 0.952 bits per heavy atom. The first-order valence-electron chi connectivity index (χ1n) is 7.97. The van der Waals surface area contributed by atoms with Crippen molar-refractivity contribution in [1.29, 1.82) is 0 Å². The van der Waals surface area contributed by atoms with E-state index < -0.39 is 10.1 Å². The van der Waals surface area contributed by atoms with Crippen LogP contribution in [0.1, 0.15) is 63.5 Å². The Balaban J connectivity index is 2.85. The molecule has 0 N–H and O–H groups in total. The molecule has 0 saturated heterocycles. The monoisotopic (exact) mass is 312 g/mol. The minimum atomic E-state index is -3.46. The molecule has 0 spiro atoms. The van der Waals surface area contributed by atoms with Crippen LogP contribution in [-0.2, 0) is 23.0 Å². The van der Waals surface area contributed by atoms with E-state index in [0.29, 0.717) is 5.75 Å². The van der Waals surface area contributed by atoms with Crippen molar-refractivity contribution in [2.45, 2.75) is 65.2 Å². The Bertz CT molecular complexity index is 521. The lowest BCUT2D eigenvalue weighted by Gasteiger charge is -2.12. The van der Waals surface area contributed by atoms with E-state index in [1.165, 1.54) is 24.8 Å². The highest BCUT2D eigenvalue weighted by Gasteiger charge is 2.10. The van der Waals surface area contributed by atoms with Crippen LogP contribution < -0.4 is 4.18 Å². The molecule has 0 aliphatic rings. The van der Waals surface area contributed by atoms with Crippen molar-refractivity contribution in [3.8, 4) is 5.75 Å². The topological polar surface area (TPSA) is 43.4 Å². The minimum absolute atomic E-state index is 0.493. The largest absolute Gasteiger partial charge is 0.382 e. The van der Waals surface area contributed by atoms with Gasteiger partial charge >= 0.3 is 10.1 Å². The number of hydrogen-bond donors (Lipinski definition) is 0. The Morgan fingerprint density at radius 2 is 1.57 bits per heavy atom. The molecule has 0 aliphatic carbocycles. The van der Waals surface area contributed by atoms with Gasteiger partial charge in [-0.25, -0.2) is 0 Å². The van der Waals surface area contributed by atoms with Crippen molar-refractivity contribution in [3.63, 3.8) is 0 Å². The van der Waals surface area contributed by atoms with Crippen molar-refractivity contribution in [2.24, 2.45) is 0 Å². The highest BCUT2D eigenvalue weighted by molar-refractivity contribution is 7.86. The second kappa shape index (κ2) is 9.08. The summed E-state index contributed by atoms with van der Waals surface area (Å²) in [6.45, 7) is 4.36. The van der Waals surface area contributed by atoms with Gasteiger partial charge in [-0.05, 0) is 42.9 Å². The van der Waals surface area contributed by atoms with Crippen LogP contribution in [-0.4, -0.2) is 14.7 Å². The van der Waals surface area contributed by atoms with Gasteiger partial charge in [0, 0.05) is 0 Å². The Morgan fingerprint density at radius 3 is 2.14 bits per heavy atom. The molecule has 21 heavy (non-hydrogen) atoms. The van der Waals surface area contributed by atoms with E-state index >= 15 is 0 Å². The summed E-state index contributed by atoms with van der Waals surface area (Å²) in [5, 5.41) is 0. The molecule has 120 valence electrons. The van der Waals surface area contributed by atoms with Crippen molar-refractivity contribution >= 4 is 10.1 Å². The normalized spacial score (nSPS) is 11.6. The summed E-state index contributed by atoms with van der Waals surface area (Å²) >= 11 is 0. The summed E-state index contributed by atoms with van der Waals surface area (Å²) in [6.07, 6.45) is 10.0. The number of unbranched alkanes of at least 4 members (excludes halogenated alkanes) is 4. The van der Waals surface area contributed by atoms with Crippen LogP contribution in [0.25, 0.3) is 0 Å². The van der Waals surface area contributed by atoms with Gasteiger partial charge in [0.15, 0.2) is 0 Å². The molecule has 0 atom stereocenters. The second-order valence-corrected chi connectivity index (χ2v) is 7.22. The Labute approximate surface area is 129 Å². The fourth-order valence-corrected chi connectivity index (χ4v) is 2.86. The maximum Gasteiger partial charge on any atom is 0.306 e. The summed E-state index contributed by atoms with van der Waals surface area (Å²) in [6, 6.07) is 5.91. The number of rotatable bonds is 10. The van der Waals surface area contributed by atoms with E-state index in [2.05, 4.69) is 19.9 Å². The highest BCUT2D eigenvalue weighted by Crippen LogP contribution is 2.24. The number of hydrogen-bond acceptors (Lipinski definition) is 3. The van der Waals surface area contributed by atoms with Gasteiger partial charge in [0.05, 0.1) is 6.26 Å². The summed E-state index contributed by atoms with van der Waals surface area (Å²) in [4.78, 5) is 0. The third-order valence-electron chi connectivity index (χ3n) is 3.48. The van der Waals surface area contributed by atoms with E-state index in [9.17, 15) is 8.42 Å². The van der Waals surface area contributed by atoms with Gasteiger partial charge in [-0.2, -0.15) is 8.42 Å². The summed E-state index contributed by atoms with van der Waals surface area (Å²) < 4.78 is 27.8. The molecular weight excluding hydrogens is 284 g/mol. The predicted octanol–water partition coefficient (Wildman–Crippen LogP) is 4.49. The van der Waals surface area contributed by atoms with Crippen LogP contribution >= 0.6 is 0 Å². The van der Waals surface area contributed by atoms with Crippen LogP contribution in [0.4, 0.5) is 0 Å². The predicted molar refractivity (Wildman–Crippen MR) is 88.4 cm³/mol. The molecule has 3 nitrogen and oxygen atoms in total. The van der Waals surface area contributed by atoms with Gasteiger partial charge in [-0.1, -0.05) is 51.7 Å². The zero-order chi connectivity index (χ0) is 15.7. The molecule has 1 aromatic carbocycles. The van der Waals surface area contributed by atoms with Crippen molar-refractivity contribution in [3.05, 3.63) is 29.3 Å². The lowest BCUT2D eigenvalue weighted by molar-refractivity contribution is 0.488. The molecule has 1 rings (SSSR count). The third-order valence-corrected chi connectivity index (χ3v) is 3.97. The third kappa shape index (κ3) is 7.51. The van der Waals surface area contributed by atoms with Gasteiger partial charge < -0.3 is 4.18 Å². The highest BCUT2D eigenvalue weighted by atomic mass is 32.2. The molecule has 0 unspecified atom stereocenters. The number of aryl methyl sites for hydroxylation is 2. The quantitative estimate of drug-likeness (QED) is 0.472. The zero-order valence-corrected chi connectivity index (χ0v) is 14.3. The first-order chi connectivity index (χ1) is 9.96. The fraction of sp³-hybridized carbons (Fsp3) is 0.647. The summed E-state index contributed by atoms with van der Waals surface area (Å²) in [5.41, 5.74) is 2.29. The van der Waals surface area contributed by atoms with Crippen LogP contribution in [0.3, 0.4) is 0 Å². The molecule has 0 aromatic heterocycles. The van der Waals surface area contributed by atoms with E-state index in [1.807, 2.05) is 12.1 Å². The van der Waals surface area contributed by atoms with E-state index in [1.54, 1.807) is 0 Å². The lowest BCUT2D eigenvalue weighted by Crippen LogP contribution is -2.08. The van der Waals surface area contributed by atoms with Gasteiger partial charge in [0.2, 0.25) is 0 Å². The smallest absolute Gasteiger partial charge is 0.306 e. The average molecular weight is 312 g/mol. The van der Waals surface area contributed by atoms with E-state index in [4.69, 9.17) is 4.18 Å². The first-order valence-corrected chi connectivity index (χ1v) is 9.79. The molecule has 0 aliphatic heterocycles. The van der Waals surface area contributed by atoms with Crippen molar-refractivity contribution in [2.75, 3.05) is 6.26 Å². The van der Waals surface area contributed by atoms with E-state index in [-0.39, 0.29) is 0 Å². The fourth-order valence-electron chi connectivity index (χ4n) is 2.37. The molecule has 0 saturated carbocycles. The molecule has 0 radical (unpaired) electrons. The Hall–Kier alpha value is -1.03. The van der Waals surface area contributed by atoms with Crippen LogP contribution in [0, 0.1) is 0 Å². The SMILES string of the molecule is CCCCCc1ccc(OS(C)(=O)=O)c(CCCCC)c1. The lowest BCUT2D eigenvalue weighted by atomic mass is 10.0. The maximum absolute atomic E-state index is 11.4. The molecule has 0 heterocycles. The van der Waals surface area contributed by atoms with Gasteiger partial charge in [-0.3, -0.25) is 0 Å². The minimum Gasteiger partial charge on any atom is -0.382 e. The van der Waals surface area contributed by atoms with Crippen molar-refractivity contribution in [1.82, 2.24) is 0 Å². The average Bonchev–Trinajstić information content (AvgIpc) is 2.40. The molecular formula is C17H28O3S. The molecule has 4 heteroatoms. The molecule has 0 amide bonds. The maximum atomic E-state index is 11.4. The van der Waals surface area contributed by atoms with Gasteiger partial charge in [0.1, 0.15) is 5.75 Å². The molecule has 0 bridgehead atoms. The zero-order valence-electron chi connectivity index (χ0n) is 13.5. The van der Waals surface area contributed by atoms with Crippen LogP contribution in [0.2, 0.25) is 0 Å². The number of benzene rings is 1. The van der Waals surface area contributed by atoms with Crippen LogP contribution in [0.15, 0.2) is 18.2 Å². The standard InChI is InChI=1S/C17H28O3S/c1-4-6-8-10-15-12-13-17(20-21(3,18)19)16(14-15)11-9-7-5-2/h12-14H,4-11H2,1-3H3. The van der Waals surface area contributed by atoms with Gasteiger partial charge in [-0.15, -0.1) is 0 Å². The Kier molecular flexibility index (Phi) is 7.79. The van der Waals surface area contributed by atoms with Gasteiger partial charge in [0.25, 0.3) is 0 Å². The summed E-state index contributed by atoms with van der Waals surface area (Å²) in [7, 11) is -3.46.